The van der Waals surface area contributed by atoms with Gasteiger partial charge in [0.25, 0.3) is 0 Å². The maximum atomic E-state index is 13.8. The third-order valence-corrected chi connectivity index (χ3v) is 3.49. The second kappa shape index (κ2) is 6.10. The van der Waals surface area contributed by atoms with Crippen molar-refractivity contribution >= 4 is 21.7 Å². The molecule has 0 saturated carbocycles. The molecule has 1 aromatic heterocycles. The SMILES string of the molecule is CCNc1nc(Cc2ccccc2Br)nc(C)c1F. The van der Waals surface area contributed by atoms with Crippen LogP contribution in [0.15, 0.2) is 28.7 Å². The summed E-state index contributed by atoms with van der Waals surface area (Å²) in [6.07, 6.45) is 0.570. The van der Waals surface area contributed by atoms with E-state index in [1.807, 2.05) is 31.2 Å². The highest BCUT2D eigenvalue weighted by atomic mass is 79.9. The second-order valence-electron chi connectivity index (χ2n) is 4.19. The molecule has 0 saturated heterocycles. The zero-order valence-electron chi connectivity index (χ0n) is 10.9. The summed E-state index contributed by atoms with van der Waals surface area (Å²) in [5.74, 6) is 0.511. The molecule has 2 aromatic rings. The van der Waals surface area contributed by atoms with Crippen molar-refractivity contribution in [2.75, 3.05) is 11.9 Å². The average Bonchev–Trinajstić information content (AvgIpc) is 2.38. The highest BCUT2D eigenvalue weighted by molar-refractivity contribution is 9.10. The summed E-state index contributed by atoms with van der Waals surface area (Å²) in [6.45, 7) is 4.19. The molecule has 1 aromatic carbocycles. The maximum absolute atomic E-state index is 13.8. The number of halogens is 2. The second-order valence-corrected chi connectivity index (χ2v) is 5.04. The zero-order chi connectivity index (χ0) is 13.8. The molecule has 0 bridgehead atoms. The van der Waals surface area contributed by atoms with Crippen molar-refractivity contribution < 1.29 is 4.39 Å². The molecule has 1 heterocycles. The van der Waals surface area contributed by atoms with E-state index in [-0.39, 0.29) is 11.6 Å². The summed E-state index contributed by atoms with van der Waals surface area (Å²) < 4.78 is 14.8. The van der Waals surface area contributed by atoms with Gasteiger partial charge in [-0.15, -0.1) is 0 Å². The molecule has 1 N–H and O–H groups in total. The average molecular weight is 324 g/mol. The third kappa shape index (κ3) is 3.29. The number of nitrogens with one attached hydrogen (secondary N) is 1. The van der Waals surface area contributed by atoms with Crippen molar-refractivity contribution in [2.45, 2.75) is 20.3 Å². The van der Waals surface area contributed by atoms with Gasteiger partial charge >= 0.3 is 0 Å². The van der Waals surface area contributed by atoms with Gasteiger partial charge in [-0.3, -0.25) is 0 Å². The molecule has 2 rings (SSSR count). The number of aryl methyl sites for hydroxylation is 1. The lowest BCUT2D eigenvalue weighted by Gasteiger charge is -2.09. The Morgan fingerprint density at radius 1 is 1.26 bits per heavy atom. The molecular weight excluding hydrogens is 309 g/mol. The van der Waals surface area contributed by atoms with E-state index >= 15 is 0 Å². The van der Waals surface area contributed by atoms with E-state index in [1.165, 1.54) is 0 Å². The smallest absolute Gasteiger partial charge is 0.186 e. The molecule has 0 amide bonds. The van der Waals surface area contributed by atoms with E-state index in [9.17, 15) is 4.39 Å². The molecule has 0 aliphatic carbocycles. The summed E-state index contributed by atoms with van der Waals surface area (Å²) in [6, 6.07) is 7.88. The number of hydrogen-bond acceptors (Lipinski definition) is 3. The molecule has 19 heavy (non-hydrogen) atoms. The van der Waals surface area contributed by atoms with Crippen LogP contribution in [0.3, 0.4) is 0 Å². The Morgan fingerprint density at radius 2 is 2.00 bits per heavy atom. The van der Waals surface area contributed by atoms with Crippen molar-refractivity contribution in [3.63, 3.8) is 0 Å². The standard InChI is InChI=1S/C14H15BrFN3/c1-3-17-14-13(16)9(2)18-12(19-14)8-10-6-4-5-7-11(10)15/h4-7H,3,8H2,1-2H3,(H,17,18,19). The van der Waals surface area contributed by atoms with Crippen LogP contribution in [0.2, 0.25) is 0 Å². The lowest BCUT2D eigenvalue weighted by atomic mass is 10.1. The van der Waals surface area contributed by atoms with Crippen molar-refractivity contribution in [1.29, 1.82) is 0 Å². The normalized spacial score (nSPS) is 10.5. The Hall–Kier alpha value is -1.49. The molecule has 0 atom stereocenters. The van der Waals surface area contributed by atoms with Gasteiger partial charge in [0.2, 0.25) is 0 Å². The van der Waals surface area contributed by atoms with Crippen LogP contribution in [-0.4, -0.2) is 16.5 Å². The number of benzene rings is 1. The summed E-state index contributed by atoms with van der Waals surface area (Å²) in [4.78, 5) is 8.45. The monoisotopic (exact) mass is 323 g/mol. The van der Waals surface area contributed by atoms with Gasteiger partial charge in [-0.2, -0.15) is 0 Å². The van der Waals surface area contributed by atoms with E-state index < -0.39 is 0 Å². The predicted molar refractivity (Wildman–Crippen MR) is 77.8 cm³/mol. The largest absolute Gasteiger partial charge is 0.368 e. The Labute approximate surface area is 120 Å². The fourth-order valence-electron chi connectivity index (χ4n) is 1.79. The van der Waals surface area contributed by atoms with Gasteiger partial charge < -0.3 is 5.32 Å². The van der Waals surface area contributed by atoms with Crippen LogP contribution < -0.4 is 5.32 Å². The molecule has 0 spiro atoms. The fourth-order valence-corrected chi connectivity index (χ4v) is 2.22. The van der Waals surface area contributed by atoms with Gasteiger partial charge in [0.1, 0.15) is 5.82 Å². The van der Waals surface area contributed by atoms with Crippen LogP contribution in [0.4, 0.5) is 10.2 Å². The van der Waals surface area contributed by atoms with Crippen molar-refractivity contribution in [3.8, 4) is 0 Å². The topological polar surface area (TPSA) is 37.8 Å². The first-order chi connectivity index (χ1) is 9.11. The summed E-state index contributed by atoms with van der Waals surface area (Å²) in [5.41, 5.74) is 1.45. The van der Waals surface area contributed by atoms with Gasteiger partial charge in [-0.05, 0) is 25.5 Å². The predicted octanol–water partition coefficient (Wildman–Crippen LogP) is 3.71. The van der Waals surface area contributed by atoms with Gasteiger partial charge in [0.15, 0.2) is 11.6 Å². The number of anilines is 1. The van der Waals surface area contributed by atoms with E-state index in [4.69, 9.17) is 0 Å². The van der Waals surface area contributed by atoms with Crippen LogP contribution in [0.1, 0.15) is 24.0 Å². The quantitative estimate of drug-likeness (QED) is 0.932. The number of nitrogens with zero attached hydrogens (tertiary/aromatic N) is 2. The summed E-state index contributed by atoms with van der Waals surface area (Å²) in [7, 11) is 0. The van der Waals surface area contributed by atoms with Crippen LogP contribution >= 0.6 is 15.9 Å². The first-order valence-electron chi connectivity index (χ1n) is 6.12. The van der Waals surface area contributed by atoms with Crippen LogP contribution in [0.25, 0.3) is 0 Å². The minimum atomic E-state index is -0.377. The highest BCUT2D eigenvalue weighted by Gasteiger charge is 2.11. The van der Waals surface area contributed by atoms with E-state index in [0.29, 0.717) is 24.5 Å². The molecule has 5 heteroatoms. The minimum Gasteiger partial charge on any atom is -0.368 e. The fraction of sp³-hybridized carbons (Fsp3) is 0.286. The Kier molecular flexibility index (Phi) is 4.47. The van der Waals surface area contributed by atoms with Crippen LogP contribution in [0, 0.1) is 12.7 Å². The summed E-state index contributed by atoms with van der Waals surface area (Å²) >= 11 is 3.49. The first-order valence-corrected chi connectivity index (χ1v) is 6.91. The van der Waals surface area contributed by atoms with Crippen molar-refractivity contribution in [1.82, 2.24) is 9.97 Å². The molecule has 0 radical (unpaired) electrons. The molecule has 0 fully saturated rings. The minimum absolute atomic E-state index is 0.275. The zero-order valence-corrected chi connectivity index (χ0v) is 12.5. The van der Waals surface area contributed by atoms with Crippen molar-refractivity contribution in [2.24, 2.45) is 0 Å². The third-order valence-electron chi connectivity index (χ3n) is 2.71. The van der Waals surface area contributed by atoms with Gasteiger partial charge in [0.05, 0.1) is 5.69 Å². The van der Waals surface area contributed by atoms with Gasteiger partial charge in [-0.1, -0.05) is 34.1 Å². The Morgan fingerprint density at radius 3 is 2.68 bits per heavy atom. The van der Waals surface area contributed by atoms with Crippen molar-refractivity contribution in [3.05, 3.63) is 51.6 Å². The van der Waals surface area contributed by atoms with Crippen LogP contribution in [0.5, 0.6) is 0 Å². The van der Waals surface area contributed by atoms with Crippen LogP contribution in [-0.2, 0) is 6.42 Å². The number of rotatable bonds is 4. The van der Waals surface area contributed by atoms with Gasteiger partial charge in [0, 0.05) is 17.4 Å². The Bertz CT molecular complexity index is 587. The van der Waals surface area contributed by atoms with Gasteiger partial charge in [-0.25, -0.2) is 14.4 Å². The number of hydrogen-bond donors (Lipinski definition) is 1. The summed E-state index contributed by atoms with van der Waals surface area (Å²) in [5, 5.41) is 2.92. The van der Waals surface area contributed by atoms with E-state index in [2.05, 4.69) is 31.2 Å². The molecule has 0 aliphatic rings. The highest BCUT2D eigenvalue weighted by Crippen LogP contribution is 2.20. The first kappa shape index (κ1) is 13.9. The maximum Gasteiger partial charge on any atom is 0.186 e. The van der Waals surface area contributed by atoms with E-state index in [0.717, 1.165) is 10.0 Å². The molecule has 0 unspecified atom stereocenters. The number of aromatic nitrogens is 2. The lowest BCUT2D eigenvalue weighted by molar-refractivity contribution is 0.601. The van der Waals surface area contributed by atoms with E-state index in [1.54, 1.807) is 6.92 Å². The molecule has 0 aliphatic heterocycles. The molecule has 3 nitrogen and oxygen atoms in total. The Balaban J connectivity index is 2.33. The molecular formula is C14H15BrFN3. The lowest BCUT2D eigenvalue weighted by Crippen LogP contribution is -2.09. The molecule has 100 valence electrons.